The van der Waals surface area contributed by atoms with Crippen molar-refractivity contribution < 1.29 is 9.59 Å². The average molecular weight is 364 g/mol. The van der Waals surface area contributed by atoms with E-state index in [2.05, 4.69) is 25.6 Å². The Morgan fingerprint density at radius 2 is 2.15 bits per heavy atom. The highest BCUT2D eigenvalue weighted by Crippen LogP contribution is 2.18. The number of benzene rings is 1. The van der Waals surface area contributed by atoms with Gasteiger partial charge in [-0.1, -0.05) is 30.3 Å². The van der Waals surface area contributed by atoms with Gasteiger partial charge in [0.05, 0.1) is 12.2 Å². The molecular weight excluding hydrogens is 344 g/mol. The number of carbonyl (C=O) groups excluding carboxylic acids is 2. The summed E-state index contributed by atoms with van der Waals surface area (Å²) in [6, 6.07) is 9.27. The van der Waals surface area contributed by atoms with Crippen LogP contribution in [0.3, 0.4) is 0 Å². The number of rotatable bonds is 4. The van der Waals surface area contributed by atoms with Gasteiger partial charge in [0.2, 0.25) is 5.82 Å². The van der Waals surface area contributed by atoms with E-state index in [0.29, 0.717) is 25.1 Å². The second kappa shape index (κ2) is 7.14. The van der Waals surface area contributed by atoms with Gasteiger partial charge in [-0.05, 0) is 18.4 Å². The molecule has 0 aliphatic heterocycles. The molecule has 3 aromatic rings. The summed E-state index contributed by atoms with van der Waals surface area (Å²) in [5, 5.41) is 13.8. The molecule has 4 rings (SSSR count). The third-order valence-corrected chi connectivity index (χ3v) is 4.83. The molecule has 0 saturated heterocycles. The number of nitrogens with zero attached hydrogens (tertiary/aromatic N) is 4. The van der Waals surface area contributed by atoms with Crippen molar-refractivity contribution in [3.63, 3.8) is 0 Å². The van der Waals surface area contributed by atoms with Crippen LogP contribution in [0.4, 0.5) is 0 Å². The lowest BCUT2D eigenvalue weighted by Crippen LogP contribution is -2.41. The van der Waals surface area contributed by atoms with E-state index in [0.717, 1.165) is 16.8 Å². The molecule has 27 heavy (non-hydrogen) atoms. The number of H-pyrrole nitrogens is 1. The van der Waals surface area contributed by atoms with E-state index < -0.39 is 11.9 Å². The molecule has 2 N–H and O–H groups in total. The summed E-state index contributed by atoms with van der Waals surface area (Å²) in [5.74, 6) is 0.206. The van der Waals surface area contributed by atoms with Crippen molar-refractivity contribution in [3.05, 3.63) is 65.0 Å². The zero-order valence-electron chi connectivity index (χ0n) is 15.0. The highest BCUT2D eigenvalue weighted by atomic mass is 16.2. The second-order valence-corrected chi connectivity index (χ2v) is 6.72. The summed E-state index contributed by atoms with van der Waals surface area (Å²) in [7, 11) is 1.87. The lowest BCUT2D eigenvalue weighted by Gasteiger charge is -2.13. The highest BCUT2D eigenvalue weighted by Gasteiger charge is 2.28. The zero-order valence-corrected chi connectivity index (χ0v) is 15.0. The fourth-order valence-electron chi connectivity index (χ4n) is 3.37. The van der Waals surface area contributed by atoms with E-state index in [-0.39, 0.29) is 18.0 Å². The Morgan fingerprint density at radius 1 is 1.33 bits per heavy atom. The lowest BCUT2D eigenvalue weighted by molar-refractivity contribution is -0.120. The Balaban J connectivity index is 1.41. The van der Waals surface area contributed by atoms with Crippen molar-refractivity contribution >= 4 is 11.7 Å². The number of amides is 1. The summed E-state index contributed by atoms with van der Waals surface area (Å²) in [6.45, 7) is 0. The highest BCUT2D eigenvalue weighted by molar-refractivity contribution is 5.96. The van der Waals surface area contributed by atoms with Gasteiger partial charge >= 0.3 is 0 Å². The molecule has 1 aliphatic rings. The second-order valence-electron chi connectivity index (χ2n) is 6.72. The lowest BCUT2D eigenvalue weighted by atomic mass is 10.1. The van der Waals surface area contributed by atoms with Crippen LogP contribution in [0.15, 0.2) is 36.5 Å². The quantitative estimate of drug-likeness (QED) is 0.672. The molecule has 2 heterocycles. The molecule has 0 fully saturated rings. The van der Waals surface area contributed by atoms with Crippen LogP contribution in [-0.4, -0.2) is 42.7 Å². The molecule has 2 aromatic heterocycles. The maximum Gasteiger partial charge on any atom is 0.291 e. The summed E-state index contributed by atoms with van der Waals surface area (Å²) < 4.78 is 1.79. The first-order chi connectivity index (χ1) is 13.1. The van der Waals surface area contributed by atoms with Crippen LogP contribution in [0.5, 0.6) is 0 Å². The number of carbonyl (C=O) groups is 2. The van der Waals surface area contributed by atoms with Crippen molar-refractivity contribution in [2.45, 2.75) is 31.7 Å². The van der Waals surface area contributed by atoms with Gasteiger partial charge in [-0.3, -0.25) is 19.4 Å². The zero-order chi connectivity index (χ0) is 18.8. The standard InChI is InChI=1S/C19H20N6O2/c1-25-15-8-7-14(16(26)10-13(15)11-20-25)21-19(27)18-22-17(23-24-18)9-12-5-3-2-4-6-12/h2-6,11,14H,7-10H2,1H3,(H,21,27)(H,22,23,24)/t14-/m1/s1. The first-order valence-electron chi connectivity index (χ1n) is 8.88. The number of aromatic amines is 1. The molecule has 1 atom stereocenters. The van der Waals surface area contributed by atoms with Gasteiger partial charge in [-0.15, -0.1) is 5.10 Å². The molecule has 8 nitrogen and oxygen atoms in total. The van der Waals surface area contributed by atoms with Crippen LogP contribution in [0.1, 0.15) is 39.7 Å². The summed E-state index contributed by atoms with van der Waals surface area (Å²) in [5.41, 5.74) is 3.05. The van der Waals surface area contributed by atoms with Crippen molar-refractivity contribution in [2.75, 3.05) is 0 Å². The topological polar surface area (TPSA) is 106 Å². The Labute approximate surface area is 156 Å². The number of fused-ring (bicyclic) bond motifs is 1. The number of aryl methyl sites for hydroxylation is 1. The minimum absolute atomic E-state index is 0.0184. The smallest absolute Gasteiger partial charge is 0.291 e. The number of aromatic nitrogens is 5. The molecule has 0 radical (unpaired) electrons. The van der Waals surface area contributed by atoms with E-state index >= 15 is 0 Å². The van der Waals surface area contributed by atoms with Crippen molar-refractivity contribution in [2.24, 2.45) is 7.05 Å². The van der Waals surface area contributed by atoms with Crippen LogP contribution in [0.2, 0.25) is 0 Å². The van der Waals surface area contributed by atoms with Crippen LogP contribution in [-0.2, 0) is 31.1 Å². The predicted molar refractivity (Wildman–Crippen MR) is 97.1 cm³/mol. The molecule has 0 spiro atoms. The van der Waals surface area contributed by atoms with E-state index in [4.69, 9.17) is 0 Å². The number of nitrogens with one attached hydrogen (secondary N) is 2. The molecule has 1 aliphatic carbocycles. The third kappa shape index (κ3) is 3.64. The Bertz CT molecular complexity index is 975. The van der Waals surface area contributed by atoms with Crippen LogP contribution >= 0.6 is 0 Å². The normalized spacial score (nSPS) is 16.6. The SMILES string of the molecule is Cn1ncc2c1CC[C@@H](NC(=O)c1n[nH]c(Cc3ccccc3)n1)C(=O)C2. The minimum Gasteiger partial charge on any atom is -0.339 e. The minimum atomic E-state index is -0.541. The van der Waals surface area contributed by atoms with Crippen LogP contribution in [0.25, 0.3) is 0 Å². The fraction of sp³-hybridized carbons (Fsp3) is 0.316. The Kier molecular flexibility index (Phi) is 4.53. The van der Waals surface area contributed by atoms with Crippen molar-refractivity contribution in [3.8, 4) is 0 Å². The summed E-state index contributed by atoms with van der Waals surface area (Å²) >= 11 is 0. The number of Topliss-reactive ketones (excluding diaryl/α,β-unsaturated/α-hetero) is 1. The van der Waals surface area contributed by atoms with Crippen LogP contribution < -0.4 is 5.32 Å². The summed E-state index contributed by atoms with van der Waals surface area (Å²) in [4.78, 5) is 29.2. The van der Waals surface area contributed by atoms with E-state index in [1.807, 2.05) is 37.4 Å². The van der Waals surface area contributed by atoms with Gasteiger partial charge in [-0.2, -0.15) is 5.10 Å². The molecule has 1 amide bonds. The van der Waals surface area contributed by atoms with Crippen molar-refractivity contribution in [1.29, 1.82) is 0 Å². The molecule has 1 aromatic carbocycles. The van der Waals surface area contributed by atoms with Gasteiger partial charge in [0.15, 0.2) is 5.78 Å². The van der Waals surface area contributed by atoms with Crippen molar-refractivity contribution in [1.82, 2.24) is 30.3 Å². The van der Waals surface area contributed by atoms with E-state index in [1.54, 1.807) is 10.9 Å². The fourth-order valence-corrected chi connectivity index (χ4v) is 3.37. The van der Waals surface area contributed by atoms with Gasteiger partial charge in [0.1, 0.15) is 5.82 Å². The van der Waals surface area contributed by atoms with Crippen LogP contribution in [0, 0.1) is 0 Å². The summed E-state index contributed by atoms with van der Waals surface area (Å²) in [6.07, 6.45) is 3.80. The Morgan fingerprint density at radius 3 is 2.96 bits per heavy atom. The largest absolute Gasteiger partial charge is 0.339 e. The predicted octanol–water partition coefficient (Wildman–Crippen LogP) is 0.985. The molecular formula is C19H20N6O2. The Hall–Kier alpha value is -3.29. The molecule has 0 saturated carbocycles. The first kappa shape index (κ1) is 17.1. The van der Waals surface area contributed by atoms with Gasteiger partial charge in [0, 0.05) is 31.1 Å². The number of ketones is 1. The monoisotopic (exact) mass is 364 g/mol. The van der Waals surface area contributed by atoms with Gasteiger partial charge in [-0.25, -0.2) is 4.98 Å². The average Bonchev–Trinajstić information content (AvgIpc) is 3.22. The molecule has 8 heteroatoms. The van der Waals surface area contributed by atoms with Gasteiger partial charge in [0.25, 0.3) is 5.91 Å². The maximum absolute atomic E-state index is 12.5. The van der Waals surface area contributed by atoms with E-state index in [9.17, 15) is 9.59 Å². The molecule has 0 unspecified atom stereocenters. The molecule has 138 valence electrons. The maximum atomic E-state index is 12.5. The van der Waals surface area contributed by atoms with Gasteiger partial charge < -0.3 is 5.32 Å². The molecule has 0 bridgehead atoms. The number of hydrogen-bond acceptors (Lipinski definition) is 5. The van der Waals surface area contributed by atoms with E-state index in [1.165, 1.54) is 0 Å². The first-order valence-corrected chi connectivity index (χ1v) is 8.88. The number of hydrogen-bond donors (Lipinski definition) is 2. The third-order valence-electron chi connectivity index (χ3n) is 4.83.